The molecule has 3 rings (SSSR count). The van der Waals surface area contributed by atoms with Crippen LogP contribution in [0.2, 0.25) is 0 Å². The molecule has 21 heavy (non-hydrogen) atoms. The number of nitrogens with one attached hydrogen (secondary N) is 1. The largest absolute Gasteiger partial charge is 0.395 e. The Bertz CT molecular complexity index is 633. The summed E-state index contributed by atoms with van der Waals surface area (Å²) in [6, 6.07) is 3.90. The molecule has 0 bridgehead atoms. The zero-order valence-electron chi connectivity index (χ0n) is 12.0. The Labute approximate surface area is 123 Å². The molecule has 0 saturated heterocycles. The number of nitrogens with two attached hydrogens (primary N) is 1. The Hall–Kier alpha value is -2.37. The molecule has 0 atom stereocenters. The normalized spacial score (nSPS) is 14.1. The van der Waals surface area contributed by atoms with Gasteiger partial charge in [-0.05, 0) is 37.0 Å². The van der Waals surface area contributed by atoms with Gasteiger partial charge >= 0.3 is 0 Å². The summed E-state index contributed by atoms with van der Waals surface area (Å²) in [6.45, 7) is 0.619. The van der Waals surface area contributed by atoms with Crippen molar-refractivity contribution >= 4 is 11.6 Å². The highest BCUT2D eigenvalue weighted by Gasteiger charge is 2.30. The van der Waals surface area contributed by atoms with E-state index in [0.717, 1.165) is 30.5 Å². The SMILES string of the molecule is CN(CCc1ccncc1)C(=O)c1n[nH]c(C2CC2)c1N. The number of hydrogen-bond acceptors (Lipinski definition) is 4. The van der Waals surface area contributed by atoms with Crippen LogP contribution in [0.25, 0.3) is 0 Å². The molecule has 0 spiro atoms. The first-order valence-corrected chi connectivity index (χ1v) is 7.15. The summed E-state index contributed by atoms with van der Waals surface area (Å²) in [4.78, 5) is 18.0. The standard InChI is InChI=1S/C15H19N5O/c1-20(9-6-10-4-7-17-8-5-10)15(21)14-12(16)13(18-19-14)11-2-3-11/h4-5,7-8,11H,2-3,6,9,16H2,1H3,(H,18,19). The number of nitrogen functional groups attached to an aromatic ring is 1. The summed E-state index contributed by atoms with van der Waals surface area (Å²) in [5, 5.41) is 7.02. The van der Waals surface area contributed by atoms with Crippen molar-refractivity contribution in [1.82, 2.24) is 20.1 Å². The maximum Gasteiger partial charge on any atom is 0.276 e. The average molecular weight is 285 g/mol. The highest BCUT2D eigenvalue weighted by molar-refractivity contribution is 5.97. The summed E-state index contributed by atoms with van der Waals surface area (Å²) in [5.41, 5.74) is 8.96. The minimum Gasteiger partial charge on any atom is -0.395 e. The minimum atomic E-state index is -0.135. The van der Waals surface area contributed by atoms with Gasteiger partial charge in [0.25, 0.3) is 5.91 Å². The van der Waals surface area contributed by atoms with Crippen LogP contribution in [-0.4, -0.2) is 39.6 Å². The number of anilines is 1. The molecular formula is C15H19N5O. The lowest BCUT2D eigenvalue weighted by Crippen LogP contribution is -2.29. The van der Waals surface area contributed by atoms with E-state index in [1.54, 1.807) is 24.3 Å². The van der Waals surface area contributed by atoms with Crippen LogP contribution in [0.4, 0.5) is 5.69 Å². The van der Waals surface area contributed by atoms with Gasteiger partial charge in [-0.1, -0.05) is 0 Å². The summed E-state index contributed by atoms with van der Waals surface area (Å²) < 4.78 is 0. The van der Waals surface area contributed by atoms with Gasteiger partial charge in [0.2, 0.25) is 0 Å². The van der Waals surface area contributed by atoms with Gasteiger partial charge in [0.15, 0.2) is 5.69 Å². The molecule has 3 N–H and O–H groups in total. The lowest BCUT2D eigenvalue weighted by molar-refractivity contribution is 0.0792. The Morgan fingerprint density at radius 3 is 2.81 bits per heavy atom. The molecule has 1 amide bonds. The lowest BCUT2D eigenvalue weighted by Gasteiger charge is -2.16. The lowest BCUT2D eigenvalue weighted by atomic mass is 10.2. The number of amides is 1. The number of aromatic amines is 1. The molecule has 0 aromatic carbocycles. The van der Waals surface area contributed by atoms with Crippen molar-refractivity contribution in [2.24, 2.45) is 0 Å². The van der Waals surface area contributed by atoms with Crippen molar-refractivity contribution in [3.8, 4) is 0 Å². The molecule has 1 fully saturated rings. The van der Waals surface area contributed by atoms with E-state index in [-0.39, 0.29) is 5.91 Å². The Balaban J connectivity index is 1.64. The third-order valence-electron chi connectivity index (χ3n) is 3.85. The number of H-pyrrole nitrogens is 1. The van der Waals surface area contributed by atoms with Crippen molar-refractivity contribution in [1.29, 1.82) is 0 Å². The Morgan fingerprint density at radius 2 is 2.14 bits per heavy atom. The number of carbonyl (C=O) groups is 1. The first kappa shape index (κ1) is 13.6. The molecule has 6 heteroatoms. The van der Waals surface area contributed by atoms with Crippen LogP contribution in [0, 0.1) is 0 Å². The van der Waals surface area contributed by atoms with Crippen LogP contribution in [0.5, 0.6) is 0 Å². The van der Waals surface area contributed by atoms with Crippen LogP contribution in [0.1, 0.15) is 40.5 Å². The summed E-state index contributed by atoms with van der Waals surface area (Å²) in [7, 11) is 1.77. The van der Waals surface area contributed by atoms with E-state index < -0.39 is 0 Å². The Morgan fingerprint density at radius 1 is 1.43 bits per heavy atom. The van der Waals surface area contributed by atoms with Crippen molar-refractivity contribution in [3.63, 3.8) is 0 Å². The summed E-state index contributed by atoms with van der Waals surface area (Å²) in [6.07, 6.45) is 6.54. The van der Waals surface area contributed by atoms with Gasteiger partial charge in [-0.2, -0.15) is 5.10 Å². The summed E-state index contributed by atoms with van der Waals surface area (Å²) >= 11 is 0. The second-order valence-electron chi connectivity index (χ2n) is 5.51. The van der Waals surface area contributed by atoms with Crippen LogP contribution < -0.4 is 5.73 Å². The second kappa shape index (κ2) is 5.55. The third-order valence-corrected chi connectivity index (χ3v) is 3.85. The molecule has 2 aromatic heterocycles. The fourth-order valence-corrected chi connectivity index (χ4v) is 2.34. The Kier molecular flexibility index (Phi) is 3.60. The molecule has 2 heterocycles. The maximum atomic E-state index is 12.4. The van der Waals surface area contributed by atoms with E-state index in [1.165, 1.54) is 0 Å². The first-order valence-electron chi connectivity index (χ1n) is 7.15. The summed E-state index contributed by atoms with van der Waals surface area (Å²) in [5.74, 6) is 0.325. The van der Waals surface area contributed by atoms with Crippen molar-refractivity contribution < 1.29 is 4.79 Å². The van der Waals surface area contributed by atoms with Crippen molar-refractivity contribution in [2.75, 3.05) is 19.3 Å². The molecule has 6 nitrogen and oxygen atoms in total. The topological polar surface area (TPSA) is 87.9 Å². The van der Waals surface area contributed by atoms with Gasteiger partial charge < -0.3 is 10.6 Å². The van der Waals surface area contributed by atoms with E-state index in [9.17, 15) is 4.79 Å². The van der Waals surface area contributed by atoms with Gasteiger partial charge in [-0.15, -0.1) is 0 Å². The number of nitrogens with zero attached hydrogens (tertiary/aromatic N) is 3. The van der Waals surface area contributed by atoms with Gasteiger partial charge in [0.05, 0.1) is 11.4 Å². The molecule has 0 aliphatic heterocycles. The molecule has 1 saturated carbocycles. The molecule has 0 radical (unpaired) electrons. The number of carbonyl (C=O) groups excluding carboxylic acids is 1. The molecule has 0 unspecified atom stereocenters. The molecule has 2 aromatic rings. The van der Waals surface area contributed by atoms with Crippen LogP contribution in [-0.2, 0) is 6.42 Å². The number of aromatic nitrogens is 3. The molecule has 1 aliphatic rings. The van der Waals surface area contributed by atoms with E-state index >= 15 is 0 Å². The van der Waals surface area contributed by atoms with Gasteiger partial charge in [-0.25, -0.2) is 0 Å². The fraction of sp³-hybridized carbons (Fsp3) is 0.400. The molecule has 1 aliphatic carbocycles. The number of pyridine rings is 1. The van der Waals surface area contributed by atoms with E-state index in [1.807, 2.05) is 12.1 Å². The predicted molar refractivity (Wildman–Crippen MR) is 79.9 cm³/mol. The number of likely N-dealkylation sites (N-methyl/N-ethyl adjacent to an activating group) is 1. The highest BCUT2D eigenvalue weighted by Crippen LogP contribution is 2.42. The van der Waals surface area contributed by atoms with Gasteiger partial charge in [0, 0.05) is 31.9 Å². The minimum absolute atomic E-state index is 0.135. The predicted octanol–water partition coefficient (Wildman–Crippen LogP) is 1.58. The van der Waals surface area contributed by atoms with E-state index in [4.69, 9.17) is 5.73 Å². The van der Waals surface area contributed by atoms with Gasteiger partial charge in [0.1, 0.15) is 0 Å². The van der Waals surface area contributed by atoms with Crippen LogP contribution in [0.3, 0.4) is 0 Å². The monoisotopic (exact) mass is 285 g/mol. The third kappa shape index (κ3) is 2.89. The van der Waals surface area contributed by atoms with Crippen LogP contribution in [0.15, 0.2) is 24.5 Å². The average Bonchev–Trinajstić information content (AvgIpc) is 3.28. The van der Waals surface area contributed by atoms with Crippen molar-refractivity contribution in [3.05, 3.63) is 41.5 Å². The second-order valence-corrected chi connectivity index (χ2v) is 5.51. The quantitative estimate of drug-likeness (QED) is 0.873. The highest BCUT2D eigenvalue weighted by atomic mass is 16.2. The molecule has 110 valence electrons. The zero-order chi connectivity index (χ0) is 14.8. The van der Waals surface area contributed by atoms with Crippen molar-refractivity contribution in [2.45, 2.75) is 25.2 Å². The number of rotatable bonds is 5. The fourth-order valence-electron chi connectivity index (χ4n) is 2.34. The van der Waals surface area contributed by atoms with E-state index in [0.29, 0.717) is 23.8 Å². The number of hydrogen-bond donors (Lipinski definition) is 2. The maximum absolute atomic E-state index is 12.4. The first-order chi connectivity index (χ1) is 10.2. The molecular weight excluding hydrogens is 266 g/mol. The van der Waals surface area contributed by atoms with Crippen LogP contribution >= 0.6 is 0 Å². The zero-order valence-corrected chi connectivity index (χ0v) is 12.0. The van der Waals surface area contributed by atoms with E-state index in [2.05, 4.69) is 15.2 Å². The smallest absolute Gasteiger partial charge is 0.276 e. The van der Waals surface area contributed by atoms with Gasteiger partial charge in [-0.3, -0.25) is 14.9 Å².